The van der Waals surface area contributed by atoms with E-state index in [1.54, 1.807) is 4.90 Å². The Morgan fingerprint density at radius 1 is 1.18 bits per heavy atom. The van der Waals surface area contributed by atoms with Gasteiger partial charge in [-0.15, -0.1) is 0 Å². The van der Waals surface area contributed by atoms with Crippen LogP contribution in [0.3, 0.4) is 0 Å². The van der Waals surface area contributed by atoms with Crippen LogP contribution in [0.5, 0.6) is 0 Å². The Hall–Kier alpha value is -2.86. The molecule has 0 saturated carbocycles. The predicted octanol–water partition coefficient (Wildman–Crippen LogP) is 2.15. The maximum absolute atomic E-state index is 12.2. The highest BCUT2D eigenvalue weighted by atomic mass is 16.2. The lowest BCUT2D eigenvalue weighted by atomic mass is 10.2. The first-order valence-electron chi connectivity index (χ1n) is 7.20. The van der Waals surface area contributed by atoms with E-state index in [1.807, 2.05) is 36.4 Å². The first-order chi connectivity index (χ1) is 10.7. The molecule has 1 aromatic heterocycles. The number of rotatable bonds is 7. The number of amides is 1. The standard InChI is InChI=1S/C16H17N5O/c17-9-3-11-21(12-4-10-18)16(22)8-7-15-19-13-5-1-2-6-14(13)20-15/h1-2,5-6H,3-4,7-8,11-12H2,(H,19,20). The number of imidazole rings is 1. The third-order valence-corrected chi connectivity index (χ3v) is 3.35. The summed E-state index contributed by atoms with van der Waals surface area (Å²) >= 11 is 0. The van der Waals surface area contributed by atoms with Crippen molar-refractivity contribution in [1.82, 2.24) is 14.9 Å². The number of aryl methyl sites for hydroxylation is 1. The Labute approximate surface area is 129 Å². The van der Waals surface area contributed by atoms with Gasteiger partial charge in [0.25, 0.3) is 0 Å². The van der Waals surface area contributed by atoms with Crippen molar-refractivity contribution in [3.8, 4) is 12.1 Å². The molecule has 6 nitrogen and oxygen atoms in total. The van der Waals surface area contributed by atoms with E-state index in [4.69, 9.17) is 10.5 Å². The summed E-state index contributed by atoms with van der Waals surface area (Å²) in [7, 11) is 0. The Morgan fingerprint density at radius 3 is 2.50 bits per heavy atom. The Balaban J connectivity index is 1.94. The van der Waals surface area contributed by atoms with Gasteiger partial charge in [-0.2, -0.15) is 10.5 Å². The van der Waals surface area contributed by atoms with Gasteiger partial charge in [0.15, 0.2) is 0 Å². The number of fused-ring (bicyclic) bond motifs is 1. The van der Waals surface area contributed by atoms with Crippen molar-refractivity contribution in [3.05, 3.63) is 30.1 Å². The van der Waals surface area contributed by atoms with Crippen LogP contribution in [0, 0.1) is 22.7 Å². The molecular formula is C16H17N5O. The Kier molecular flexibility index (Phi) is 5.50. The minimum Gasteiger partial charge on any atom is -0.342 e. The van der Waals surface area contributed by atoms with Crippen molar-refractivity contribution >= 4 is 16.9 Å². The molecular weight excluding hydrogens is 278 g/mol. The van der Waals surface area contributed by atoms with Gasteiger partial charge in [-0.3, -0.25) is 4.79 Å². The van der Waals surface area contributed by atoms with Gasteiger partial charge in [-0.1, -0.05) is 12.1 Å². The average molecular weight is 295 g/mol. The van der Waals surface area contributed by atoms with E-state index in [0.717, 1.165) is 16.9 Å². The SMILES string of the molecule is N#CCCN(CCC#N)C(=O)CCc1nc2ccccc2[nH]1. The fraction of sp³-hybridized carbons (Fsp3) is 0.375. The number of nitrogens with zero attached hydrogens (tertiary/aromatic N) is 4. The zero-order valence-electron chi connectivity index (χ0n) is 12.2. The molecule has 0 unspecified atom stereocenters. The van der Waals surface area contributed by atoms with Gasteiger partial charge in [0.1, 0.15) is 5.82 Å². The number of hydrogen-bond acceptors (Lipinski definition) is 4. The molecule has 1 aromatic carbocycles. The van der Waals surface area contributed by atoms with Crippen molar-refractivity contribution in [2.75, 3.05) is 13.1 Å². The molecule has 2 rings (SSSR count). The minimum atomic E-state index is -0.0500. The largest absolute Gasteiger partial charge is 0.342 e. The van der Waals surface area contributed by atoms with Crippen LogP contribution in [0.15, 0.2) is 24.3 Å². The third-order valence-electron chi connectivity index (χ3n) is 3.35. The Morgan fingerprint density at radius 2 is 1.86 bits per heavy atom. The van der Waals surface area contributed by atoms with Crippen molar-refractivity contribution in [3.63, 3.8) is 0 Å². The lowest BCUT2D eigenvalue weighted by molar-refractivity contribution is -0.131. The summed E-state index contributed by atoms with van der Waals surface area (Å²) in [4.78, 5) is 21.4. The lowest BCUT2D eigenvalue weighted by Gasteiger charge is -2.20. The molecule has 0 bridgehead atoms. The van der Waals surface area contributed by atoms with Gasteiger partial charge in [0.2, 0.25) is 5.91 Å². The van der Waals surface area contributed by atoms with Crippen molar-refractivity contribution in [2.45, 2.75) is 25.7 Å². The normalized spacial score (nSPS) is 10.1. The van der Waals surface area contributed by atoms with E-state index >= 15 is 0 Å². The second-order valence-electron chi connectivity index (χ2n) is 4.90. The van der Waals surface area contributed by atoms with Crippen molar-refractivity contribution in [2.24, 2.45) is 0 Å². The minimum absolute atomic E-state index is 0.0500. The summed E-state index contributed by atoms with van der Waals surface area (Å²) in [5, 5.41) is 17.3. The molecule has 0 fully saturated rings. The molecule has 6 heteroatoms. The first-order valence-corrected chi connectivity index (χ1v) is 7.20. The molecule has 0 spiro atoms. The number of benzene rings is 1. The number of carbonyl (C=O) groups is 1. The van der Waals surface area contributed by atoms with Crippen molar-refractivity contribution in [1.29, 1.82) is 10.5 Å². The van der Waals surface area contributed by atoms with Gasteiger partial charge in [0.05, 0.1) is 36.0 Å². The second kappa shape index (κ2) is 7.80. The quantitative estimate of drug-likeness (QED) is 0.846. The van der Waals surface area contributed by atoms with Gasteiger partial charge in [-0.25, -0.2) is 4.98 Å². The van der Waals surface area contributed by atoms with E-state index in [9.17, 15) is 4.79 Å². The van der Waals surface area contributed by atoms with Crippen LogP contribution in [0.2, 0.25) is 0 Å². The van der Waals surface area contributed by atoms with Crippen LogP contribution in [-0.2, 0) is 11.2 Å². The van der Waals surface area contributed by atoms with E-state index < -0.39 is 0 Å². The number of carbonyl (C=O) groups excluding carboxylic acids is 1. The zero-order valence-corrected chi connectivity index (χ0v) is 12.2. The maximum atomic E-state index is 12.2. The number of aromatic nitrogens is 2. The molecule has 0 aliphatic carbocycles. The highest BCUT2D eigenvalue weighted by Crippen LogP contribution is 2.12. The fourth-order valence-electron chi connectivity index (χ4n) is 2.24. The summed E-state index contributed by atoms with van der Waals surface area (Å²) in [6, 6.07) is 11.8. The van der Waals surface area contributed by atoms with Gasteiger partial charge >= 0.3 is 0 Å². The third kappa shape index (κ3) is 4.07. The lowest BCUT2D eigenvalue weighted by Crippen LogP contribution is -2.33. The van der Waals surface area contributed by atoms with E-state index in [-0.39, 0.29) is 18.7 Å². The van der Waals surface area contributed by atoms with Crippen LogP contribution < -0.4 is 0 Å². The summed E-state index contributed by atoms with van der Waals surface area (Å²) in [5.41, 5.74) is 1.84. The molecule has 1 heterocycles. The first kappa shape index (κ1) is 15.5. The average Bonchev–Trinajstić information content (AvgIpc) is 2.95. The predicted molar refractivity (Wildman–Crippen MR) is 81.5 cm³/mol. The molecule has 0 radical (unpaired) electrons. The monoisotopic (exact) mass is 295 g/mol. The summed E-state index contributed by atoms with van der Waals surface area (Å²) in [5.74, 6) is 0.723. The van der Waals surface area contributed by atoms with Crippen LogP contribution >= 0.6 is 0 Å². The Bertz CT molecular complexity index is 671. The molecule has 0 aliphatic heterocycles. The molecule has 112 valence electrons. The number of nitriles is 2. The van der Waals surface area contributed by atoms with Gasteiger partial charge in [-0.05, 0) is 12.1 Å². The highest BCUT2D eigenvalue weighted by Gasteiger charge is 2.14. The molecule has 1 N–H and O–H groups in total. The van der Waals surface area contributed by atoms with E-state index in [2.05, 4.69) is 9.97 Å². The van der Waals surface area contributed by atoms with Gasteiger partial charge in [0, 0.05) is 25.9 Å². The summed E-state index contributed by atoms with van der Waals surface area (Å²) < 4.78 is 0. The number of nitrogens with one attached hydrogen (secondary N) is 1. The number of hydrogen-bond donors (Lipinski definition) is 1. The smallest absolute Gasteiger partial charge is 0.223 e. The van der Waals surface area contributed by atoms with Crippen molar-refractivity contribution < 1.29 is 4.79 Å². The molecule has 0 saturated heterocycles. The number of aromatic amines is 1. The fourth-order valence-corrected chi connectivity index (χ4v) is 2.24. The van der Waals surface area contributed by atoms with E-state index in [0.29, 0.717) is 25.9 Å². The van der Waals surface area contributed by atoms with Gasteiger partial charge < -0.3 is 9.88 Å². The molecule has 22 heavy (non-hydrogen) atoms. The highest BCUT2D eigenvalue weighted by molar-refractivity contribution is 5.77. The van der Waals surface area contributed by atoms with Crippen LogP contribution in [-0.4, -0.2) is 33.9 Å². The van der Waals surface area contributed by atoms with Crippen LogP contribution in [0.4, 0.5) is 0 Å². The summed E-state index contributed by atoms with van der Waals surface area (Å²) in [6.45, 7) is 0.744. The molecule has 0 aliphatic rings. The van der Waals surface area contributed by atoms with Crippen LogP contribution in [0.1, 0.15) is 25.1 Å². The molecule has 2 aromatic rings. The van der Waals surface area contributed by atoms with E-state index in [1.165, 1.54) is 0 Å². The number of H-pyrrole nitrogens is 1. The molecule has 0 atom stereocenters. The maximum Gasteiger partial charge on any atom is 0.223 e. The molecule has 1 amide bonds. The topological polar surface area (TPSA) is 96.6 Å². The zero-order chi connectivity index (χ0) is 15.8. The number of para-hydroxylation sites is 2. The second-order valence-corrected chi connectivity index (χ2v) is 4.90. The van der Waals surface area contributed by atoms with Crippen LogP contribution in [0.25, 0.3) is 11.0 Å². The summed E-state index contributed by atoms with van der Waals surface area (Å²) in [6.07, 6.45) is 1.39.